The number of fused-ring (bicyclic) bond motifs is 1. The maximum Gasteiger partial charge on any atom is 0.257 e. The monoisotopic (exact) mass is 470 g/mol. The molecule has 0 spiro atoms. The van der Waals surface area contributed by atoms with Crippen LogP contribution in [0.4, 0.5) is 5.82 Å². The van der Waals surface area contributed by atoms with E-state index in [0.717, 1.165) is 21.2 Å². The highest BCUT2D eigenvalue weighted by Gasteiger charge is 2.25. The summed E-state index contributed by atoms with van der Waals surface area (Å²) < 4.78 is 1.37. The van der Waals surface area contributed by atoms with Gasteiger partial charge in [0.2, 0.25) is 0 Å². The summed E-state index contributed by atoms with van der Waals surface area (Å²) in [5.41, 5.74) is 3.66. The summed E-state index contributed by atoms with van der Waals surface area (Å²) in [6, 6.07) is 15.1. The van der Waals surface area contributed by atoms with E-state index in [1.807, 2.05) is 42.5 Å². The van der Waals surface area contributed by atoms with Gasteiger partial charge in [-0.15, -0.1) is 0 Å². The van der Waals surface area contributed by atoms with E-state index in [0.29, 0.717) is 21.4 Å². The van der Waals surface area contributed by atoms with Crippen molar-refractivity contribution in [1.29, 1.82) is 0 Å². The van der Waals surface area contributed by atoms with Crippen LogP contribution in [0.15, 0.2) is 63.7 Å². The average molecular weight is 472 g/mol. The first-order valence-electron chi connectivity index (χ1n) is 7.80. The van der Waals surface area contributed by atoms with Crippen molar-refractivity contribution in [3.8, 4) is 16.9 Å². The van der Waals surface area contributed by atoms with Gasteiger partial charge in [0.1, 0.15) is 11.6 Å². The van der Waals surface area contributed by atoms with E-state index >= 15 is 0 Å². The Morgan fingerprint density at radius 2 is 1.81 bits per heavy atom. The van der Waals surface area contributed by atoms with Gasteiger partial charge in [0, 0.05) is 21.8 Å². The molecule has 0 fully saturated rings. The number of phenolic OH excluding ortho intramolecular Hbond substituents is 1. The van der Waals surface area contributed by atoms with Crippen LogP contribution in [-0.4, -0.2) is 16.0 Å². The molecular weight excluding hydrogens is 460 g/mol. The Labute approximate surface area is 166 Å². The third-order valence-electron chi connectivity index (χ3n) is 4.10. The van der Waals surface area contributed by atoms with Crippen LogP contribution < -0.4 is 5.32 Å². The number of phenols is 1. The lowest BCUT2D eigenvalue weighted by Gasteiger charge is -2.09. The third kappa shape index (κ3) is 3.06. The number of amides is 1. The molecule has 2 heterocycles. The van der Waals surface area contributed by atoms with E-state index in [4.69, 9.17) is 0 Å². The van der Waals surface area contributed by atoms with Gasteiger partial charge in [0.05, 0.1) is 10.0 Å². The molecule has 2 aromatic carbocycles. The zero-order valence-electron chi connectivity index (χ0n) is 13.3. The van der Waals surface area contributed by atoms with Crippen LogP contribution in [0.1, 0.15) is 11.1 Å². The van der Waals surface area contributed by atoms with Crippen molar-refractivity contribution in [1.82, 2.24) is 4.98 Å². The van der Waals surface area contributed by atoms with Crippen molar-refractivity contribution in [3.63, 3.8) is 0 Å². The van der Waals surface area contributed by atoms with Crippen LogP contribution in [-0.2, 0) is 4.79 Å². The van der Waals surface area contributed by atoms with Crippen LogP contribution in [0.2, 0.25) is 0 Å². The molecule has 4 nitrogen and oxygen atoms in total. The lowest BCUT2D eigenvalue weighted by atomic mass is 9.99. The highest BCUT2D eigenvalue weighted by atomic mass is 79.9. The number of hydrogen-bond donors (Lipinski definition) is 2. The molecule has 4 rings (SSSR count). The van der Waals surface area contributed by atoms with Crippen molar-refractivity contribution in [2.24, 2.45) is 0 Å². The molecule has 6 heteroatoms. The van der Waals surface area contributed by atoms with Crippen LogP contribution in [0, 0.1) is 0 Å². The summed E-state index contributed by atoms with van der Waals surface area (Å²) in [5, 5.41) is 13.2. The van der Waals surface area contributed by atoms with Crippen LogP contribution in [0.5, 0.6) is 5.75 Å². The van der Waals surface area contributed by atoms with Crippen molar-refractivity contribution in [2.75, 3.05) is 5.32 Å². The quantitative estimate of drug-likeness (QED) is 0.487. The molecule has 0 unspecified atom stereocenters. The number of anilines is 1. The van der Waals surface area contributed by atoms with Gasteiger partial charge in [0.25, 0.3) is 5.91 Å². The molecule has 2 N–H and O–H groups in total. The number of halogens is 2. The predicted molar refractivity (Wildman–Crippen MR) is 110 cm³/mol. The summed E-state index contributed by atoms with van der Waals surface area (Å²) in [7, 11) is 0. The Balaban J connectivity index is 1.85. The minimum atomic E-state index is -0.198. The number of nitrogens with one attached hydrogen (secondary N) is 1. The number of pyridine rings is 1. The first kappa shape index (κ1) is 17.0. The van der Waals surface area contributed by atoms with Gasteiger partial charge in [-0.05, 0) is 67.3 Å². The van der Waals surface area contributed by atoms with Crippen LogP contribution in [0.3, 0.4) is 0 Å². The highest BCUT2D eigenvalue weighted by molar-refractivity contribution is 9.10. The fraction of sp³-hybridized carbons (Fsp3) is 0. The van der Waals surface area contributed by atoms with Gasteiger partial charge in [-0.2, -0.15) is 0 Å². The van der Waals surface area contributed by atoms with E-state index < -0.39 is 0 Å². The van der Waals surface area contributed by atoms with E-state index in [1.54, 1.807) is 18.3 Å². The fourth-order valence-corrected chi connectivity index (χ4v) is 3.70. The molecule has 1 aliphatic rings. The van der Waals surface area contributed by atoms with E-state index in [2.05, 4.69) is 42.2 Å². The van der Waals surface area contributed by atoms with Gasteiger partial charge < -0.3 is 10.4 Å². The van der Waals surface area contributed by atoms with Gasteiger partial charge in [-0.3, -0.25) is 4.79 Å². The largest absolute Gasteiger partial charge is 0.506 e. The number of aromatic nitrogens is 1. The maximum absolute atomic E-state index is 12.4. The minimum Gasteiger partial charge on any atom is -0.506 e. The topological polar surface area (TPSA) is 62.2 Å². The number of aromatic hydroxyl groups is 1. The third-order valence-corrected chi connectivity index (χ3v) is 5.14. The summed E-state index contributed by atoms with van der Waals surface area (Å²) in [5.74, 6) is 0.515. The van der Waals surface area contributed by atoms with Gasteiger partial charge in [-0.1, -0.05) is 30.3 Å². The Morgan fingerprint density at radius 3 is 2.58 bits per heavy atom. The lowest BCUT2D eigenvalue weighted by molar-refractivity contribution is -0.110. The SMILES string of the molecule is O=C1Nc2ncc(Br)cc2C1=Cc1cc(Br)c(O)c(-c2ccccc2)c1. The molecule has 0 saturated heterocycles. The first-order valence-corrected chi connectivity index (χ1v) is 9.38. The summed E-state index contributed by atoms with van der Waals surface area (Å²) >= 11 is 6.79. The van der Waals surface area contributed by atoms with Crippen molar-refractivity contribution in [2.45, 2.75) is 0 Å². The Hall–Kier alpha value is -2.44. The summed E-state index contributed by atoms with van der Waals surface area (Å²) in [6.45, 7) is 0. The Morgan fingerprint density at radius 1 is 1.04 bits per heavy atom. The zero-order valence-corrected chi connectivity index (χ0v) is 16.5. The number of nitrogens with zero attached hydrogens (tertiary/aromatic N) is 1. The second-order valence-electron chi connectivity index (χ2n) is 5.83. The Bertz CT molecular complexity index is 1060. The average Bonchev–Trinajstić information content (AvgIpc) is 2.94. The van der Waals surface area contributed by atoms with Crippen molar-refractivity contribution < 1.29 is 9.90 Å². The minimum absolute atomic E-state index is 0.166. The standard InChI is InChI=1S/C20H12Br2N2O2/c21-13-9-15-16(20(26)24-19(15)23-10-13)7-11-6-14(18(25)17(22)8-11)12-4-2-1-3-5-12/h1-10,25H,(H,23,24,26). The van der Waals surface area contributed by atoms with Crippen LogP contribution >= 0.6 is 31.9 Å². The lowest BCUT2D eigenvalue weighted by Crippen LogP contribution is -2.04. The zero-order chi connectivity index (χ0) is 18.3. The molecular formula is C20H12Br2N2O2. The summed E-state index contributed by atoms with van der Waals surface area (Å²) in [6.07, 6.45) is 3.44. The van der Waals surface area contributed by atoms with Crippen LogP contribution in [0.25, 0.3) is 22.8 Å². The van der Waals surface area contributed by atoms with E-state index in [1.165, 1.54) is 0 Å². The van der Waals surface area contributed by atoms with Crippen molar-refractivity contribution >= 4 is 55.2 Å². The Kier molecular flexibility index (Phi) is 4.38. The molecule has 1 aliphatic heterocycles. The van der Waals surface area contributed by atoms with E-state index in [9.17, 15) is 9.90 Å². The van der Waals surface area contributed by atoms with Gasteiger partial charge in [0.15, 0.2) is 0 Å². The van der Waals surface area contributed by atoms with Gasteiger partial charge >= 0.3 is 0 Å². The molecule has 128 valence electrons. The molecule has 0 atom stereocenters. The molecule has 1 aromatic heterocycles. The fourth-order valence-electron chi connectivity index (χ4n) is 2.89. The van der Waals surface area contributed by atoms with Crippen molar-refractivity contribution in [3.05, 3.63) is 74.8 Å². The molecule has 0 radical (unpaired) electrons. The highest BCUT2D eigenvalue weighted by Crippen LogP contribution is 2.39. The second kappa shape index (κ2) is 6.70. The predicted octanol–water partition coefficient (Wildman–Crippen LogP) is 5.47. The number of hydrogen-bond acceptors (Lipinski definition) is 3. The second-order valence-corrected chi connectivity index (χ2v) is 7.60. The van der Waals surface area contributed by atoms with E-state index in [-0.39, 0.29) is 11.7 Å². The smallest absolute Gasteiger partial charge is 0.257 e. The normalized spacial score (nSPS) is 14.4. The van der Waals surface area contributed by atoms with Gasteiger partial charge in [-0.25, -0.2) is 4.98 Å². The number of rotatable bonds is 2. The number of carbonyl (C=O) groups excluding carboxylic acids is 1. The molecule has 0 saturated carbocycles. The maximum atomic E-state index is 12.4. The first-order chi connectivity index (χ1) is 12.5. The molecule has 0 bridgehead atoms. The molecule has 1 amide bonds. The number of carbonyl (C=O) groups is 1. The molecule has 0 aliphatic carbocycles. The molecule has 26 heavy (non-hydrogen) atoms. The summed E-state index contributed by atoms with van der Waals surface area (Å²) in [4.78, 5) is 16.6. The number of benzene rings is 2. The molecule has 3 aromatic rings.